The molecule has 2 atom stereocenters. The van der Waals surface area contributed by atoms with Gasteiger partial charge in [-0.25, -0.2) is 0 Å². The summed E-state index contributed by atoms with van der Waals surface area (Å²) in [5.74, 6) is -0.988. The smallest absolute Gasteiger partial charge is 0.308 e. The van der Waals surface area contributed by atoms with Crippen molar-refractivity contribution < 1.29 is 19.1 Å². The lowest BCUT2D eigenvalue weighted by Crippen LogP contribution is -2.39. The molecule has 0 aromatic heterocycles. The highest BCUT2D eigenvalue weighted by atomic mass is 35.5. The highest BCUT2D eigenvalue weighted by Gasteiger charge is 2.23. The summed E-state index contributed by atoms with van der Waals surface area (Å²) in [6, 6.07) is 14.8. The van der Waals surface area contributed by atoms with Crippen LogP contribution < -0.4 is 10.6 Å². The maximum atomic E-state index is 12.6. The van der Waals surface area contributed by atoms with E-state index in [1.807, 2.05) is 6.07 Å². The average molecular weight is 431 g/mol. The van der Waals surface area contributed by atoms with Gasteiger partial charge in [0, 0.05) is 23.0 Å². The number of amides is 2. The summed E-state index contributed by atoms with van der Waals surface area (Å²) in [6.45, 7) is 5.27. The van der Waals surface area contributed by atoms with Crippen LogP contribution >= 0.6 is 11.6 Å². The van der Waals surface area contributed by atoms with Crippen LogP contribution in [0.2, 0.25) is 5.02 Å². The van der Waals surface area contributed by atoms with Crippen molar-refractivity contribution in [2.24, 2.45) is 0 Å². The van der Waals surface area contributed by atoms with Crippen LogP contribution in [-0.4, -0.2) is 29.9 Å². The predicted octanol–water partition coefficient (Wildman–Crippen LogP) is 4.05. The molecule has 2 rings (SSSR count). The van der Waals surface area contributed by atoms with Gasteiger partial charge in [0.1, 0.15) is 0 Å². The van der Waals surface area contributed by atoms with Gasteiger partial charge in [0.15, 0.2) is 0 Å². The van der Waals surface area contributed by atoms with Gasteiger partial charge in [-0.2, -0.15) is 0 Å². The van der Waals surface area contributed by atoms with Crippen molar-refractivity contribution in [1.82, 2.24) is 10.6 Å². The lowest BCUT2D eigenvalue weighted by molar-refractivity contribution is -0.148. The third kappa shape index (κ3) is 7.52. The molecule has 160 valence electrons. The Hall–Kier alpha value is -2.86. The minimum atomic E-state index is -0.630. The van der Waals surface area contributed by atoms with Crippen LogP contribution in [0.3, 0.4) is 0 Å². The first-order chi connectivity index (χ1) is 14.3. The Morgan fingerprint density at radius 3 is 2.17 bits per heavy atom. The second-order valence-corrected chi connectivity index (χ2v) is 7.74. The van der Waals surface area contributed by atoms with Gasteiger partial charge < -0.3 is 15.4 Å². The number of carbonyl (C=O) groups excluding carboxylic acids is 3. The highest BCUT2D eigenvalue weighted by Crippen LogP contribution is 2.26. The summed E-state index contributed by atoms with van der Waals surface area (Å²) in [7, 11) is 0. The van der Waals surface area contributed by atoms with E-state index in [2.05, 4.69) is 10.6 Å². The van der Waals surface area contributed by atoms with Crippen molar-refractivity contribution >= 4 is 29.4 Å². The summed E-state index contributed by atoms with van der Waals surface area (Å²) in [5, 5.41) is 6.10. The van der Waals surface area contributed by atoms with E-state index in [0.29, 0.717) is 16.1 Å². The number of halogens is 1. The monoisotopic (exact) mass is 430 g/mol. The topological polar surface area (TPSA) is 84.5 Å². The van der Waals surface area contributed by atoms with E-state index < -0.39 is 18.1 Å². The molecule has 0 heterocycles. The van der Waals surface area contributed by atoms with Crippen LogP contribution in [0.25, 0.3) is 0 Å². The van der Waals surface area contributed by atoms with Gasteiger partial charge in [0.2, 0.25) is 5.91 Å². The molecule has 2 aromatic carbocycles. The summed E-state index contributed by atoms with van der Waals surface area (Å²) < 4.78 is 5.22. The molecule has 2 aromatic rings. The van der Waals surface area contributed by atoms with Crippen LogP contribution in [0.4, 0.5) is 0 Å². The molecule has 0 bridgehead atoms. The van der Waals surface area contributed by atoms with Gasteiger partial charge in [-0.05, 0) is 44.5 Å². The number of hydrogen-bond acceptors (Lipinski definition) is 4. The number of ether oxygens (including phenoxy) is 1. The van der Waals surface area contributed by atoms with E-state index in [0.717, 1.165) is 0 Å². The summed E-state index contributed by atoms with van der Waals surface area (Å²) in [5.41, 5.74) is 1.16. The lowest BCUT2D eigenvalue weighted by atomic mass is 10.0. The van der Waals surface area contributed by atoms with E-state index in [4.69, 9.17) is 16.3 Å². The normalized spacial score (nSPS) is 12.7. The van der Waals surface area contributed by atoms with Crippen LogP contribution in [0.5, 0.6) is 0 Å². The molecule has 0 spiro atoms. The molecule has 0 radical (unpaired) electrons. The van der Waals surface area contributed by atoms with E-state index in [9.17, 15) is 14.4 Å². The van der Waals surface area contributed by atoms with Gasteiger partial charge in [-0.1, -0.05) is 48.0 Å². The molecular formula is C23H27ClN2O4. The third-order valence-corrected chi connectivity index (χ3v) is 4.60. The largest absolute Gasteiger partial charge is 0.463 e. The molecule has 7 heteroatoms. The van der Waals surface area contributed by atoms with Gasteiger partial charge in [0.25, 0.3) is 5.91 Å². The quantitative estimate of drug-likeness (QED) is 0.588. The zero-order valence-electron chi connectivity index (χ0n) is 17.4. The van der Waals surface area contributed by atoms with Crippen molar-refractivity contribution in [1.29, 1.82) is 0 Å². The minimum Gasteiger partial charge on any atom is -0.463 e. The molecule has 0 saturated carbocycles. The molecule has 6 nitrogen and oxygen atoms in total. The first-order valence-electron chi connectivity index (χ1n) is 9.85. The first kappa shape index (κ1) is 23.4. The number of rotatable bonds is 9. The van der Waals surface area contributed by atoms with E-state index >= 15 is 0 Å². The average Bonchev–Trinajstić information content (AvgIpc) is 2.67. The fourth-order valence-corrected chi connectivity index (χ4v) is 3.22. The molecule has 0 aliphatic heterocycles. The van der Waals surface area contributed by atoms with Crippen LogP contribution in [-0.2, 0) is 14.3 Å². The maximum absolute atomic E-state index is 12.6. The molecule has 0 aliphatic rings. The van der Waals surface area contributed by atoms with Crippen LogP contribution in [0.1, 0.15) is 55.6 Å². The van der Waals surface area contributed by atoms with E-state index in [1.54, 1.807) is 69.3 Å². The minimum absolute atomic E-state index is 0.0432. The van der Waals surface area contributed by atoms with Crippen LogP contribution in [0, 0.1) is 0 Å². The fraction of sp³-hybridized carbons (Fsp3) is 0.348. The van der Waals surface area contributed by atoms with Gasteiger partial charge in [-0.15, -0.1) is 0 Å². The molecule has 0 fully saturated rings. The van der Waals surface area contributed by atoms with Crippen molar-refractivity contribution in [2.45, 2.75) is 51.8 Å². The molecule has 0 aliphatic carbocycles. The van der Waals surface area contributed by atoms with Crippen molar-refractivity contribution in [3.05, 3.63) is 70.7 Å². The van der Waals surface area contributed by atoms with Gasteiger partial charge >= 0.3 is 5.97 Å². The Balaban J connectivity index is 2.01. The molecule has 2 amide bonds. The van der Waals surface area contributed by atoms with Crippen LogP contribution in [0.15, 0.2) is 54.6 Å². The second kappa shape index (κ2) is 11.4. The standard InChI is InChI=1S/C23H27ClN2O4/c1-15(2)30-22(28)14-20(18-11-7-8-12-19(18)24)26-21(27)13-16(3)25-23(29)17-9-5-4-6-10-17/h4-12,15-16,20H,13-14H2,1-3H3,(H,25,29)(H,26,27). The molecule has 30 heavy (non-hydrogen) atoms. The number of nitrogens with one attached hydrogen (secondary N) is 2. The first-order valence-corrected chi connectivity index (χ1v) is 10.2. The molecular weight excluding hydrogens is 404 g/mol. The van der Waals surface area contributed by atoms with Gasteiger partial charge in [-0.3, -0.25) is 14.4 Å². The lowest BCUT2D eigenvalue weighted by Gasteiger charge is -2.22. The number of esters is 1. The summed E-state index contributed by atoms with van der Waals surface area (Å²) >= 11 is 6.27. The number of hydrogen-bond donors (Lipinski definition) is 2. The molecule has 2 unspecified atom stereocenters. The van der Waals surface area contributed by atoms with E-state index in [-0.39, 0.29) is 30.8 Å². The highest BCUT2D eigenvalue weighted by molar-refractivity contribution is 6.31. The maximum Gasteiger partial charge on any atom is 0.308 e. The number of carbonyl (C=O) groups is 3. The SMILES string of the molecule is CC(CC(=O)NC(CC(=O)OC(C)C)c1ccccc1Cl)NC(=O)c1ccccc1. The zero-order valence-corrected chi connectivity index (χ0v) is 18.1. The Morgan fingerprint density at radius 2 is 1.53 bits per heavy atom. The second-order valence-electron chi connectivity index (χ2n) is 7.33. The number of benzene rings is 2. The summed E-state index contributed by atoms with van der Waals surface area (Å²) in [4.78, 5) is 37.0. The Labute approximate surface area is 182 Å². The Bertz CT molecular complexity index is 871. The fourth-order valence-electron chi connectivity index (χ4n) is 2.95. The van der Waals surface area contributed by atoms with E-state index in [1.165, 1.54) is 0 Å². The predicted molar refractivity (Wildman–Crippen MR) is 116 cm³/mol. The van der Waals surface area contributed by atoms with Crippen molar-refractivity contribution in [3.63, 3.8) is 0 Å². The molecule has 2 N–H and O–H groups in total. The molecule has 0 saturated heterocycles. The summed E-state index contributed by atoms with van der Waals surface area (Å²) in [6.07, 6.45) is -0.245. The van der Waals surface area contributed by atoms with Gasteiger partial charge in [0.05, 0.1) is 18.6 Å². The Kier molecular flexibility index (Phi) is 8.87. The third-order valence-electron chi connectivity index (χ3n) is 4.26. The Morgan fingerprint density at radius 1 is 0.900 bits per heavy atom. The van der Waals surface area contributed by atoms with Crippen molar-refractivity contribution in [2.75, 3.05) is 0 Å². The van der Waals surface area contributed by atoms with Crippen molar-refractivity contribution in [3.8, 4) is 0 Å². The zero-order chi connectivity index (χ0) is 22.1.